The van der Waals surface area contributed by atoms with Crippen molar-refractivity contribution in [1.82, 2.24) is 4.90 Å². The molecular weight excluding hydrogens is 272 g/mol. The third-order valence-electron chi connectivity index (χ3n) is 3.89. The number of phenols is 1. The molecule has 0 spiro atoms. The van der Waals surface area contributed by atoms with Crippen molar-refractivity contribution in [3.8, 4) is 11.5 Å². The van der Waals surface area contributed by atoms with E-state index in [0.29, 0.717) is 25.3 Å². The zero-order valence-corrected chi connectivity index (χ0v) is 12.2. The molecule has 21 heavy (non-hydrogen) atoms. The van der Waals surface area contributed by atoms with E-state index in [9.17, 15) is 9.90 Å². The summed E-state index contributed by atoms with van der Waals surface area (Å²) in [5, 5.41) is 22.2. The van der Waals surface area contributed by atoms with E-state index in [4.69, 9.17) is 9.94 Å². The van der Waals surface area contributed by atoms with Crippen molar-refractivity contribution in [3.05, 3.63) is 23.8 Å². The molecule has 0 saturated carbocycles. The highest BCUT2D eigenvalue weighted by Crippen LogP contribution is 2.26. The van der Waals surface area contributed by atoms with Gasteiger partial charge in [-0.2, -0.15) is 0 Å². The second-order valence-electron chi connectivity index (χ2n) is 5.08. The van der Waals surface area contributed by atoms with E-state index in [1.807, 2.05) is 6.92 Å². The second kappa shape index (κ2) is 6.47. The molecule has 2 rings (SSSR count). The summed E-state index contributed by atoms with van der Waals surface area (Å²) in [4.78, 5) is 14.2. The van der Waals surface area contributed by atoms with Crippen LogP contribution < -0.4 is 4.74 Å². The lowest BCUT2D eigenvalue weighted by molar-refractivity contribution is 0.0725. The number of methoxy groups -OCH3 is 1. The molecule has 6 nitrogen and oxygen atoms in total. The Morgan fingerprint density at radius 3 is 2.90 bits per heavy atom. The van der Waals surface area contributed by atoms with Crippen molar-refractivity contribution in [3.63, 3.8) is 0 Å². The Balaban J connectivity index is 2.21. The highest BCUT2D eigenvalue weighted by molar-refractivity contribution is 5.98. The van der Waals surface area contributed by atoms with Crippen molar-refractivity contribution < 1.29 is 19.8 Å². The molecule has 1 aliphatic rings. The summed E-state index contributed by atoms with van der Waals surface area (Å²) < 4.78 is 5.09. The Morgan fingerprint density at radius 2 is 2.29 bits per heavy atom. The highest BCUT2D eigenvalue weighted by Gasteiger charge is 2.29. The SMILES string of the molecule is CCC1CN(C(=O)c2cc(OC)ccc2O)CC/C1=N\O. The number of phenolic OH excluding ortho intramolecular Hbond substituents is 1. The van der Waals surface area contributed by atoms with Crippen LogP contribution in [-0.4, -0.2) is 47.0 Å². The summed E-state index contributed by atoms with van der Waals surface area (Å²) in [7, 11) is 1.51. The number of nitrogens with zero attached hydrogens (tertiary/aromatic N) is 2. The van der Waals surface area contributed by atoms with Gasteiger partial charge in [0.15, 0.2) is 0 Å². The van der Waals surface area contributed by atoms with E-state index in [-0.39, 0.29) is 23.1 Å². The van der Waals surface area contributed by atoms with E-state index < -0.39 is 0 Å². The van der Waals surface area contributed by atoms with Crippen molar-refractivity contribution >= 4 is 11.6 Å². The molecule has 1 unspecified atom stereocenters. The van der Waals surface area contributed by atoms with Gasteiger partial charge in [0.2, 0.25) is 0 Å². The minimum absolute atomic E-state index is 0.0560. The number of ether oxygens (including phenoxy) is 1. The number of oxime groups is 1. The average molecular weight is 292 g/mol. The third kappa shape index (κ3) is 3.09. The number of carbonyl (C=O) groups excluding carboxylic acids is 1. The van der Waals surface area contributed by atoms with Crippen LogP contribution >= 0.6 is 0 Å². The molecular formula is C15H20N2O4. The third-order valence-corrected chi connectivity index (χ3v) is 3.89. The van der Waals surface area contributed by atoms with Gasteiger partial charge in [-0.3, -0.25) is 4.79 Å². The lowest BCUT2D eigenvalue weighted by Crippen LogP contribution is -2.44. The zero-order valence-electron chi connectivity index (χ0n) is 12.2. The van der Waals surface area contributed by atoms with Gasteiger partial charge in [0.25, 0.3) is 5.91 Å². The lowest BCUT2D eigenvalue weighted by Gasteiger charge is -2.33. The first kappa shape index (κ1) is 15.2. The van der Waals surface area contributed by atoms with E-state index in [1.54, 1.807) is 11.0 Å². The van der Waals surface area contributed by atoms with Crippen molar-refractivity contribution in [2.45, 2.75) is 19.8 Å². The van der Waals surface area contributed by atoms with Crippen LogP contribution in [0.15, 0.2) is 23.4 Å². The molecule has 1 aromatic carbocycles. The van der Waals surface area contributed by atoms with Gasteiger partial charge < -0.3 is 20.0 Å². The van der Waals surface area contributed by atoms with Gasteiger partial charge in [-0.25, -0.2) is 0 Å². The van der Waals surface area contributed by atoms with Crippen LogP contribution in [0.25, 0.3) is 0 Å². The van der Waals surface area contributed by atoms with Gasteiger partial charge in [-0.05, 0) is 24.6 Å². The Morgan fingerprint density at radius 1 is 1.52 bits per heavy atom. The molecule has 0 aromatic heterocycles. The quantitative estimate of drug-likeness (QED) is 0.660. The molecule has 0 aliphatic carbocycles. The van der Waals surface area contributed by atoms with Crippen molar-refractivity contribution in [2.75, 3.05) is 20.2 Å². The Hall–Kier alpha value is -2.24. The minimum atomic E-state index is -0.234. The predicted octanol–water partition coefficient (Wildman–Crippen LogP) is 2.10. The predicted molar refractivity (Wildman–Crippen MR) is 78.2 cm³/mol. The maximum absolute atomic E-state index is 12.6. The summed E-state index contributed by atoms with van der Waals surface area (Å²) in [5.74, 6) is 0.288. The fraction of sp³-hybridized carbons (Fsp3) is 0.467. The Kier molecular flexibility index (Phi) is 4.67. The summed E-state index contributed by atoms with van der Waals surface area (Å²) >= 11 is 0. The molecule has 114 valence electrons. The van der Waals surface area contributed by atoms with Gasteiger partial charge in [-0.15, -0.1) is 0 Å². The number of likely N-dealkylation sites (tertiary alicyclic amines) is 1. The monoisotopic (exact) mass is 292 g/mol. The molecule has 1 atom stereocenters. The topological polar surface area (TPSA) is 82.4 Å². The van der Waals surface area contributed by atoms with E-state index in [1.165, 1.54) is 19.2 Å². The van der Waals surface area contributed by atoms with Crippen molar-refractivity contribution in [2.24, 2.45) is 11.1 Å². The van der Waals surface area contributed by atoms with E-state index in [2.05, 4.69) is 5.16 Å². The summed E-state index contributed by atoms with van der Waals surface area (Å²) in [6, 6.07) is 4.59. The molecule has 1 amide bonds. The number of rotatable bonds is 3. The molecule has 0 radical (unpaired) electrons. The summed E-state index contributed by atoms with van der Waals surface area (Å²) in [5.41, 5.74) is 0.963. The molecule has 1 saturated heterocycles. The van der Waals surface area contributed by atoms with Gasteiger partial charge in [-0.1, -0.05) is 12.1 Å². The smallest absolute Gasteiger partial charge is 0.257 e. The van der Waals surface area contributed by atoms with Crippen LogP contribution in [0, 0.1) is 5.92 Å². The Bertz CT molecular complexity index is 557. The number of carbonyl (C=O) groups is 1. The number of hydrogen-bond donors (Lipinski definition) is 2. The van der Waals surface area contributed by atoms with Crippen molar-refractivity contribution in [1.29, 1.82) is 0 Å². The first-order valence-corrected chi connectivity index (χ1v) is 6.97. The zero-order chi connectivity index (χ0) is 15.4. The number of aromatic hydroxyl groups is 1. The summed E-state index contributed by atoms with van der Waals surface area (Å²) in [6.45, 7) is 2.96. The number of piperidine rings is 1. The molecule has 1 fully saturated rings. The highest BCUT2D eigenvalue weighted by atomic mass is 16.5. The van der Waals surface area contributed by atoms with Gasteiger partial charge in [0, 0.05) is 25.4 Å². The summed E-state index contributed by atoms with van der Waals surface area (Å²) in [6.07, 6.45) is 1.35. The van der Waals surface area contributed by atoms with Gasteiger partial charge >= 0.3 is 0 Å². The fourth-order valence-electron chi connectivity index (χ4n) is 2.58. The first-order valence-electron chi connectivity index (χ1n) is 6.97. The maximum atomic E-state index is 12.6. The van der Waals surface area contributed by atoms with Crippen LogP contribution in [0.2, 0.25) is 0 Å². The fourth-order valence-corrected chi connectivity index (χ4v) is 2.58. The minimum Gasteiger partial charge on any atom is -0.507 e. The molecule has 6 heteroatoms. The average Bonchev–Trinajstić information content (AvgIpc) is 2.54. The molecule has 0 bridgehead atoms. The molecule has 1 heterocycles. The maximum Gasteiger partial charge on any atom is 0.257 e. The lowest BCUT2D eigenvalue weighted by atomic mass is 9.93. The van der Waals surface area contributed by atoms with Gasteiger partial charge in [0.05, 0.1) is 18.4 Å². The number of hydrogen-bond acceptors (Lipinski definition) is 5. The Labute approximate surface area is 123 Å². The van der Waals surface area contributed by atoms with E-state index >= 15 is 0 Å². The normalized spacial score (nSPS) is 20.6. The molecule has 1 aromatic rings. The first-order chi connectivity index (χ1) is 10.1. The van der Waals surface area contributed by atoms with Crippen LogP contribution in [0.5, 0.6) is 11.5 Å². The van der Waals surface area contributed by atoms with Crippen LogP contribution in [0.3, 0.4) is 0 Å². The largest absolute Gasteiger partial charge is 0.507 e. The number of amides is 1. The van der Waals surface area contributed by atoms with E-state index in [0.717, 1.165) is 12.1 Å². The van der Waals surface area contributed by atoms with Crippen LogP contribution in [0.1, 0.15) is 30.1 Å². The molecule has 1 aliphatic heterocycles. The second-order valence-corrected chi connectivity index (χ2v) is 5.08. The van der Waals surface area contributed by atoms with Crippen LogP contribution in [0.4, 0.5) is 0 Å². The van der Waals surface area contributed by atoms with Crippen LogP contribution in [-0.2, 0) is 0 Å². The standard InChI is InChI=1S/C15H20N2O4/c1-3-10-9-17(7-6-13(10)16-20)15(19)12-8-11(21-2)4-5-14(12)18/h4-5,8,10,18,20H,3,6-7,9H2,1-2H3/b16-13+. The number of benzene rings is 1. The molecule has 2 N–H and O–H groups in total. The van der Waals surface area contributed by atoms with Gasteiger partial charge in [0.1, 0.15) is 11.5 Å².